The average molecular weight is 397 g/mol. The monoisotopic (exact) mass is 397 g/mol. The Morgan fingerprint density at radius 2 is 2.07 bits per heavy atom. The molecule has 2 aromatic rings. The number of aryl methyl sites for hydroxylation is 1. The number of hydrogen-bond donors (Lipinski definition) is 1. The van der Waals surface area contributed by atoms with Crippen LogP contribution in [0.1, 0.15) is 11.3 Å². The van der Waals surface area contributed by atoms with Crippen molar-refractivity contribution in [3.63, 3.8) is 0 Å². The number of thiocarbonyl (C=S) groups is 1. The average Bonchev–Trinajstić information content (AvgIpc) is 3.11. The summed E-state index contributed by atoms with van der Waals surface area (Å²) >= 11 is 5.00. The summed E-state index contributed by atoms with van der Waals surface area (Å²) in [5.41, 5.74) is 1.14. The van der Waals surface area contributed by atoms with E-state index in [0.29, 0.717) is 11.3 Å². The molecule has 2 heterocycles. The predicted octanol–water partition coefficient (Wildman–Crippen LogP) is 2.98. The number of rotatable bonds is 5. The fraction of sp³-hybridized carbons (Fsp3) is 0.105. The van der Waals surface area contributed by atoms with E-state index in [-0.39, 0.29) is 28.7 Å². The number of furan rings is 1. The molecule has 1 aromatic heterocycles. The molecule has 0 atom stereocenters. The van der Waals surface area contributed by atoms with Crippen LogP contribution in [-0.4, -0.2) is 33.3 Å². The lowest BCUT2D eigenvalue weighted by molar-refractivity contribution is -0.384. The molecule has 1 saturated heterocycles. The molecule has 0 spiro atoms. The van der Waals surface area contributed by atoms with Crippen molar-refractivity contribution in [3.8, 4) is 11.3 Å². The van der Waals surface area contributed by atoms with E-state index in [9.17, 15) is 19.7 Å². The minimum atomic E-state index is -0.625. The minimum absolute atomic E-state index is 0.0133. The van der Waals surface area contributed by atoms with Crippen molar-refractivity contribution in [2.75, 3.05) is 6.54 Å². The van der Waals surface area contributed by atoms with Crippen molar-refractivity contribution in [1.82, 2.24) is 10.2 Å². The van der Waals surface area contributed by atoms with Gasteiger partial charge in [0.1, 0.15) is 17.1 Å². The smallest absolute Gasteiger partial charge is 0.270 e. The molecule has 8 nitrogen and oxygen atoms in total. The normalized spacial score (nSPS) is 15.7. The van der Waals surface area contributed by atoms with Gasteiger partial charge in [-0.1, -0.05) is 12.1 Å². The van der Waals surface area contributed by atoms with Crippen molar-refractivity contribution in [2.45, 2.75) is 6.92 Å². The fourth-order valence-electron chi connectivity index (χ4n) is 2.70. The zero-order valence-electron chi connectivity index (χ0n) is 14.8. The first-order valence-corrected chi connectivity index (χ1v) is 8.57. The number of amides is 2. The van der Waals surface area contributed by atoms with E-state index in [4.69, 9.17) is 16.6 Å². The van der Waals surface area contributed by atoms with Gasteiger partial charge in [-0.2, -0.15) is 0 Å². The third kappa shape index (κ3) is 3.60. The van der Waals surface area contributed by atoms with Crippen molar-refractivity contribution < 1.29 is 18.9 Å². The lowest BCUT2D eigenvalue weighted by Gasteiger charge is -2.27. The Balaban J connectivity index is 1.96. The molecule has 28 heavy (non-hydrogen) atoms. The maximum atomic E-state index is 12.5. The molecule has 0 saturated carbocycles. The summed E-state index contributed by atoms with van der Waals surface area (Å²) in [6, 6.07) is 7.64. The van der Waals surface area contributed by atoms with Crippen LogP contribution < -0.4 is 5.32 Å². The summed E-state index contributed by atoms with van der Waals surface area (Å²) < 4.78 is 5.70. The highest BCUT2D eigenvalue weighted by molar-refractivity contribution is 7.80. The number of nitrogens with one attached hydrogen (secondary N) is 1. The van der Waals surface area contributed by atoms with Gasteiger partial charge in [-0.25, -0.2) is 0 Å². The van der Waals surface area contributed by atoms with Crippen LogP contribution >= 0.6 is 12.2 Å². The second-order valence-corrected chi connectivity index (χ2v) is 6.37. The number of carbonyl (C=O) groups excluding carboxylic acids is 2. The van der Waals surface area contributed by atoms with Gasteiger partial charge < -0.3 is 4.42 Å². The quantitative estimate of drug-likeness (QED) is 0.208. The second kappa shape index (κ2) is 7.57. The van der Waals surface area contributed by atoms with Gasteiger partial charge in [0.2, 0.25) is 0 Å². The maximum Gasteiger partial charge on any atom is 0.270 e. The number of carbonyl (C=O) groups is 2. The molecule has 9 heteroatoms. The molecule has 1 N–H and O–H groups in total. The number of nitro groups is 1. The number of nitrogens with zero attached hydrogens (tertiary/aromatic N) is 2. The van der Waals surface area contributed by atoms with Crippen LogP contribution in [0.2, 0.25) is 0 Å². The maximum absolute atomic E-state index is 12.5. The van der Waals surface area contributed by atoms with Crippen LogP contribution in [0.3, 0.4) is 0 Å². The van der Waals surface area contributed by atoms with Crippen molar-refractivity contribution >= 4 is 40.9 Å². The Labute approximate surface area is 165 Å². The van der Waals surface area contributed by atoms with Crippen LogP contribution in [0.5, 0.6) is 0 Å². The molecule has 1 fully saturated rings. The number of hydrogen-bond acceptors (Lipinski definition) is 6. The molecule has 3 rings (SSSR count). The Morgan fingerprint density at radius 1 is 1.32 bits per heavy atom. The standard InChI is InChI=1S/C19H15N3O5S/c1-3-8-21-18(24)15(17(23)20-19(21)28)10-13-6-7-16(27-13)14-9-12(22(25)26)5-4-11(14)2/h3-7,9-10H,1,8H2,2H3,(H,20,23,28)/b15-10-. The molecule has 0 radical (unpaired) electrons. The Morgan fingerprint density at radius 3 is 2.75 bits per heavy atom. The summed E-state index contributed by atoms with van der Waals surface area (Å²) in [6.07, 6.45) is 2.81. The molecule has 1 aliphatic heterocycles. The topological polar surface area (TPSA) is 106 Å². The van der Waals surface area contributed by atoms with Gasteiger partial charge in [0, 0.05) is 24.2 Å². The summed E-state index contributed by atoms with van der Waals surface area (Å²) in [5.74, 6) is -0.543. The van der Waals surface area contributed by atoms with Crippen LogP contribution in [0.4, 0.5) is 5.69 Å². The molecule has 0 bridgehead atoms. The third-order valence-corrected chi connectivity index (χ3v) is 4.43. The molecule has 0 unspecified atom stereocenters. The van der Waals surface area contributed by atoms with E-state index >= 15 is 0 Å². The molecule has 1 aromatic carbocycles. The van der Waals surface area contributed by atoms with E-state index in [1.54, 1.807) is 25.1 Å². The third-order valence-electron chi connectivity index (χ3n) is 4.11. The minimum Gasteiger partial charge on any atom is -0.457 e. The SMILES string of the molecule is C=CCN1C(=O)/C(=C\c2ccc(-c3cc([N+](=O)[O-])ccc3C)o2)C(=O)NC1=S. The highest BCUT2D eigenvalue weighted by atomic mass is 32.1. The summed E-state index contributed by atoms with van der Waals surface area (Å²) in [6.45, 7) is 5.52. The van der Waals surface area contributed by atoms with Crippen LogP contribution in [-0.2, 0) is 9.59 Å². The fourth-order valence-corrected chi connectivity index (χ4v) is 2.95. The summed E-state index contributed by atoms with van der Waals surface area (Å²) in [7, 11) is 0. The van der Waals surface area contributed by atoms with E-state index in [0.717, 1.165) is 5.56 Å². The van der Waals surface area contributed by atoms with Crippen LogP contribution in [0.25, 0.3) is 17.4 Å². The molecule has 142 valence electrons. The number of non-ortho nitro benzene ring substituents is 1. The van der Waals surface area contributed by atoms with Crippen LogP contribution in [0.15, 0.2) is 53.0 Å². The number of benzene rings is 1. The highest BCUT2D eigenvalue weighted by Gasteiger charge is 2.32. The van der Waals surface area contributed by atoms with Crippen molar-refractivity contribution in [3.05, 3.63) is 70.0 Å². The molecule has 2 amide bonds. The highest BCUT2D eigenvalue weighted by Crippen LogP contribution is 2.30. The molecular formula is C19H15N3O5S. The zero-order valence-corrected chi connectivity index (χ0v) is 15.6. The van der Waals surface area contributed by atoms with E-state index in [1.165, 1.54) is 29.2 Å². The van der Waals surface area contributed by atoms with Gasteiger partial charge >= 0.3 is 0 Å². The Bertz CT molecular complexity index is 1050. The molecule has 0 aliphatic carbocycles. The van der Waals surface area contributed by atoms with E-state index < -0.39 is 16.7 Å². The largest absolute Gasteiger partial charge is 0.457 e. The van der Waals surface area contributed by atoms with Gasteiger partial charge in [-0.15, -0.1) is 6.58 Å². The predicted molar refractivity (Wildman–Crippen MR) is 106 cm³/mol. The Kier molecular flexibility index (Phi) is 5.18. The van der Waals surface area contributed by atoms with Crippen molar-refractivity contribution in [1.29, 1.82) is 0 Å². The summed E-state index contributed by atoms with van der Waals surface area (Å²) in [5, 5.41) is 13.5. The van der Waals surface area contributed by atoms with E-state index in [1.807, 2.05) is 0 Å². The summed E-state index contributed by atoms with van der Waals surface area (Å²) in [4.78, 5) is 36.4. The van der Waals surface area contributed by atoms with Crippen molar-refractivity contribution in [2.24, 2.45) is 0 Å². The van der Waals surface area contributed by atoms with Gasteiger partial charge in [0.15, 0.2) is 5.11 Å². The van der Waals surface area contributed by atoms with Gasteiger partial charge in [-0.05, 0) is 42.9 Å². The van der Waals surface area contributed by atoms with Gasteiger partial charge in [-0.3, -0.25) is 29.9 Å². The first kappa shape index (κ1) is 19.2. The first-order chi connectivity index (χ1) is 13.3. The van der Waals surface area contributed by atoms with Gasteiger partial charge in [0.05, 0.1) is 4.92 Å². The molecule has 1 aliphatic rings. The second-order valence-electron chi connectivity index (χ2n) is 5.98. The zero-order chi connectivity index (χ0) is 20.4. The van der Waals surface area contributed by atoms with E-state index in [2.05, 4.69) is 11.9 Å². The lowest BCUT2D eigenvalue weighted by atomic mass is 10.1. The van der Waals surface area contributed by atoms with Crippen LogP contribution in [0, 0.1) is 17.0 Å². The Hall–Kier alpha value is -3.59. The first-order valence-electron chi connectivity index (χ1n) is 8.17. The number of nitro benzene ring substituents is 1. The molecular weight excluding hydrogens is 382 g/mol. The lowest BCUT2D eigenvalue weighted by Crippen LogP contribution is -2.53. The van der Waals surface area contributed by atoms with Gasteiger partial charge in [0.25, 0.3) is 17.5 Å².